The van der Waals surface area contributed by atoms with E-state index in [1.54, 1.807) is 0 Å². The van der Waals surface area contributed by atoms with Crippen molar-refractivity contribution < 1.29 is 9.59 Å². The van der Waals surface area contributed by atoms with E-state index >= 15 is 0 Å². The number of carbonyl (C=O) groups is 2. The number of likely N-dealkylation sites (N-methyl/N-ethyl adjacent to an activating group) is 1. The largest absolute Gasteiger partial charge is 0.374 e. The minimum absolute atomic E-state index is 0.0903. The fourth-order valence-corrected chi connectivity index (χ4v) is 4.54. The third-order valence-electron chi connectivity index (χ3n) is 6.43. The molecule has 1 fully saturated rings. The van der Waals surface area contributed by atoms with Gasteiger partial charge in [0.2, 0.25) is 0 Å². The number of nitrogens with one attached hydrogen (secondary N) is 2. The Morgan fingerprint density at radius 1 is 0.968 bits per heavy atom. The van der Waals surface area contributed by atoms with Crippen LogP contribution in [0.3, 0.4) is 0 Å². The van der Waals surface area contributed by atoms with E-state index in [2.05, 4.69) is 45.7 Å². The average Bonchev–Trinajstić information content (AvgIpc) is 3.43. The third-order valence-corrected chi connectivity index (χ3v) is 6.43. The fraction of sp³-hybridized carbons (Fsp3) is 0.440. The van der Waals surface area contributed by atoms with Crippen molar-refractivity contribution in [1.82, 2.24) is 15.5 Å². The van der Waals surface area contributed by atoms with Crippen LogP contribution in [0, 0.1) is 6.92 Å². The van der Waals surface area contributed by atoms with Crippen molar-refractivity contribution in [3.05, 3.63) is 64.7 Å². The summed E-state index contributed by atoms with van der Waals surface area (Å²) in [6.45, 7) is 5.90. The second kappa shape index (κ2) is 9.52. The lowest BCUT2D eigenvalue weighted by Crippen LogP contribution is -2.43. The van der Waals surface area contributed by atoms with Crippen molar-refractivity contribution in [3.63, 3.8) is 0 Å². The molecule has 6 nitrogen and oxygen atoms in total. The van der Waals surface area contributed by atoms with E-state index in [0.29, 0.717) is 13.1 Å². The van der Waals surface area contributed by atoms with Crippen LogP contribution in [0.2, 0.25) is 0 Å². The zero-order valence-electron chi connectivity index (χ0n) is 18.5. The molecule has 2 N–H and O–H groups in total. The topological polar surface area (TPSA) is 64.7 Å². The molecular weight excluding hydrogens is 388 g/mol. The maximum Gasteiger partial charge on any atom is 0.309 e. The highest BCUT2D eigenvalue weighted by atomic mass is 16.2. The molecule has 0 bridgehead atoms. The Morgan fingerprint density at radius 2 is 1.68 bits per heavy atom. The summed E-state index contributed by atoms with van der Waals surface area (Å²) in [5.41, 5.74) is 6.02. The van der Waals surface area contributed by atoms with Crippen LogP contribution < -0.4 is 15.5 Å². The van der Waals surface area contributed by atoms with Gasteiger partial charge in [-0.1, -0.05) is 42.0 Å². The van der Waals surface area contributed by atoms with Crippen LogP contribution in [0.5, 0.6) is 0 Å². The Morgan fingerprint density at radius 3 is 2.42 bits per heavy atom. The van der Waals surface area contributed by atoms with Crippen molar-refractivity contribution in [2.75, 3.05) is 38.1 Å². The summed E-state index contributed by atoms with van der Waals surface area (Å²) in [6.07, 6.45) is 3.41. The highest BCUT2D eigenvalue weighted by molar-refractivity contribution is 6.35. The number of rotatable bonds is 6. The summed E-state index contributed by atoms with van der Waals surface area (Å²) in [4.78, 5) is 29.5. The number of aryl methyl sites for hydroxylation is 1. The number of hydrogen-bond acceptors (Lipinski definition) is 4. The van der Waals surface area contributed by atoms with Crippen molar-refractivity contribution in [2.45, 2.75) is 38.8 Å². The van der Waals surface area contributed by atoms with Gasteiger partial charge in [-0.3, -0.25) is 14.5 Å². The zero-order valence-corrected chi connectivity index (χ0v) is 18.5. The molecule has 4 rings (SSSR count). The van der Waals surface area contributed by atoms with E-state index in [1.165, 1.54) is 35.2 Å². The number of anilines is 1. The maximum atomic E-state index is 12.5. The molecule has 2 aliphatic rings. The Hall–Kier alpha value is -2.86. The Kier molecular flexibility index (Phi) is 6.56. The Labute approximate surface area is 184 Å². The van der Waals surface area contributed by atoms with E-state index in [1.807, 2.05) is 31.2 Å². The predicted molar refractivity (Wildman–Crippen MR) is 123 cm³/mol. The summed E-state index contributed by atoms with van der Waals surface area (Å²) in [6, 6.07) is 14.7. The molecule has 31 heavy (non-hydrogen) atoms. The third kappa shape index (κ3) is 5.07. The van der Waals surface area contributed by atoms with Gasteiger partial charge in [-0.25, -0.2) is 0 Å². The lowest BCUT2D eigenvalue weighted by atomic mass is 10.0. The number of carbonyl (C=O) groups excluding carboxylic acids is 2. The first-order valence-electron chi connectivity index (χ1n) is 11.2. The minimum atomic E-state index is -0.587. The molecule has 0 saturated carbocycles. The van der Waals surface area contributed by atoms with Crippen LogP contribution in [0.1, 0.15) is 41.1 Å². The molecule has 2 amide bonds. The van der Waals surface area contributed by atoms with Crippen LogP contribution in [-0.2, 0) is 22.6 Å². The summed E-state index contributed by atoms with van der Waals surface area (Å²) < 4.78 is 0. The molecule has 0 spiro atoms. The molecule has 1 saturated heterocycles. The first-order chi connectivity index (χ1) is 15.0. The first kappa shape index (κ1) is 21.4. The SMILES string of the molecule is Cc1ccc(CNC(=O)C(=O)NC[C@H](c2ccc3c(c2)CCN3C)N2CCCC2)cc1. The van der Waals surface area contributed by atoms with E-state index in [-0.39, 0.29) is 6.04 Å². The summed E-state index contributed by atoms with van der Waals surface area (Å²) >= 11 is 0. The monoisotopic (exact) mass is 420 g/mol. The van der Waals surface area contributed by atoms with Crippen LogP contribution in [-0.4, -0.2) is 49.9 Å². The fourth-order valence-electron chi connectivity index (χ4n) is 4.54. The standard InChI is InChI=1S/C25H32N4O2/c1-18-5-7-19(8-6-18)16-26-24(30)25(31)27-17-23(29-12-3-4-13-29)20-9-10-22-21(15-20)11-14-28(22)2/h5-10,15,23H,3-4,11-14,16-17H2,1-2H3,(H,26,30)(H,27,31)/t23-/m1/s1. The molecule has 2 aromatic rings. The predicted octanol–water partition coefficient (Wildman–Crippen LogP) is 2.56. The van der Waals surface area contributed by atoms with Crippen LogP contribution in [0.15, 0.2) is 42.5 Å². The second-order valence-corrected chi connectivity index (χ2v) is 8.70. The number of nitrogens with zero attached hydrogens (tertiary/aromatic N) is 2. The molecule has 1 atom stereocenters. The van der Waals surface area contributed by atoms with Crippen molar-refractivity contribution in [1.29, 1.82) is 0 Å². The lowest BCUT2D eigenvalue weighted by Gasteiger charge is -2.28. The summed E-state index contributed by atoms with van der Waals surface area (Å²) in [5.74, 6) is -1.16. The highest BCUT2D eigenvalue weighted by Gasteiger charge is 2.26. The molecule has 2 aliphatic heterocycles. The van der Waals surface area contributed by atoms with Crippen LogP contribution in [0.4, 0.5) is 5.69 Å². The van der Waals surface area contributed by atoms with Gasteiger partial charge >= 0.3 is 11.8 Å². The van der Waals surface area contributed by atoms with Crippen molar-refractivity contribution in [2.24, 2.45) is 0 Å². The van der Waals surface area contributed by atoms with Gasteiger partial charge in [-0.05, 0) is 62.0 Å². The number of benzene rings is 2. The molecule has 0 unspecified atom stereocenters. The smallest absolute Gasteiger partial charge is 0.309 e. The molecule has 0 radical (unpaired) electrons. The number of fused-ring (bicyclic) bond motifs is 1. The van der Waals surface area contributed by atoms with Crippen molar-refractivity contribution in [3.8, 4) is 0 Å². The number of amides is 2. The second-order valence-electron chi connectivity index (χ2n) is 8.70. The van der Waals surface area contributed by atoms with Gasteiger partial charge in [0.05, 0.1) is 6.04 Å². The molecule has 2 aromatic carbocycles. The Balaban J connectivity index is 1.37. The van der Waals surface area contributed by atoms with Gasteiger partial charge in [0.15, 0.2) is 0 Å². The molecule has 0 aliphatic carbocycles. The zero-order chi connectivity index (χ0) is 21.8. The minimum Gasteiger partial charge on any atom is -0.374 e. The summed E-state index contributed by atoms with van der Waals surface area (Å²) in [5, 5.41) is 5.60. The molecular formula is C25H32N4O2. The van der Waals surface area contributed by atoms with Gasteiger partial charge < -0.3 is 15.5 Å². The average molecular weight is 421 g/mol. The van der Waals surface area contributed by atoms with Gasteiger partial charge in [0, 0.05) is 32.4 Å². The van der Waals surface area contributed by atoms with E-state index in [9.17, 15) is 9.59 Å². The van der Waals surface area contributed by atoms with Crippen molar-refractivity contribution >= 4 is 17.5 Å². The molecule has 2 heterocycles. The number of likely N-dealkylation sites (tertiary alicyclic amines) is 1. The highest BCUT2D eigenvalue weighted by Crippen LogP contribution is 2.32. The van der Waals surface area contributed by atoms with Gasteiger partial charge in [0.1, 0.15) is 0 Å². The normalized spacial score (nSPS) is 16.8. The van der Waals surface area contributed by atoms with Gasteiger partial charge in [-0.2, -0.15) is 0 Å². The van der Waals surface area contributed by atoms with Crippen LogP contribution in [0.25, 0.3) is 0 Å². The quantitative estimate of drug-likeness (QED) is 0.705. The van der Waals surface area contributed by atoms with E-state index in [0.717, 1.165) is 31.6 Å². The maximum absolute atomic E-state index is 12.5. The Bertz CT molecular complexity index is 935. The molecule has 0 aromatic heterocycles. The van der Waals surface area contributed by atoms with E-state index in [4.69, 9.17) is 0 Å². The number of hydrogen-bond donors (Lipinski definition) is 2. The first-order valence-corrected chi connectivity index (χ1v) is 11.2. The van der Waals surface area contributed by atoms with E-state index < -0.39 is 11.8 Å². The van der Waals surface area contributed by atoms with Gasteiger partial charge in [0.25, 0.3) is 0 Å². The van der Waals surface area contributed by atoms with Crippen LogP contribution >= 0.6 is 0 Å². The lowest BCUT2D eigenvalue weighted by molar-refractivity contribution is -0.139. The molecule has 164 valence electrons. The molecule has 6 heteroatoms. The van der Waals surface area contributed by atoms with Gasteiger partial charge in [-0.15, -0.1) is 0 Å². The summed E-state index contributed by atoms with van der Waals surface area (Å²) in [7, 11) is 2.12.